The van der Waals surface area contributed by atoms with Crippen LogP contribution in [0.3, 0.4) is 0 Å². The Morgan fingerprint density at radius 3 is 2.54 bits per heavy atom. The molecule has 0 spiro atoms. The molecule has 8 heteroatoms. The highest BCUT2D eigenvalue weighted by molar-refractivity contribution is 5.76. The van der Waals surface area contributed by atoms with E-state index in [0.29, 0.717) is 18.8 Å². The Labute approximate surface area is 164 Å². The highest BCUT2D eigenvalue weighted by Crippen LogP contribution is 2.27. The fraction of sp³-hybridized carbons (Fsp3) is 0.350. The van der Waals surface area contributed by atoms with Gasteiger partial charge in [0.15, 0.2) is 0 Å². The van der Waals surface area contributed by atoms with Gasteiger partial charge in [-0.05, 0) is 26.2 Å². The average molecular weight is 386 g/mol. The number of anilines is 1. The summed E-state index contributed by atoms with van der Waals surface area (Å²) >= 11 is 0. The first-order valence-corrected chi connectivity index (χ1v) is 8.97. The maximum absolute atomic E-state index is 12.2. The number of nitro groups is 1. The van der Waals surface area contributed by atoms with E-state index in [4.69, 9.17) is 4.74 Å². The Morgan fingerprint density at radius 2 is 1.86 bits per heavy atom. The minimum absolute atomic E-state index is 0.00764. The van der Waals surface area contributed by atoms with E-state index in [1.165, 1.54) is 6.07 Å². The number of nitrogens with zero attached hydrogens (tertiary/aromatic N) is 2. The number of methoxy groups -OCH3 is 1. The molecule has 1 unspecified atom stereocenters. The van der Waals surface area contributed by atoms with Crippen molar-refractivity contribution in [3.63, 3.8) is 0 Å². The van der Waals surface area contributed by atoms with Crippen LogP contribution < -0.4 is 15.4 Å². The number of hydrogen-bond donors (Lipinski definition) is 2. The average Bonchev–Trinajstić information content (AvgIpc) is 2.68. The molecule has 0 aliphatic heterocycles. The monoisotopic (exact) mass is 386 g/mol. The molecule has 2 aromatic rings. The molecule has 0 bridgehead atoms. The van der Waals surface area contributed by atoms with Crippen LogP contribution >= 0.6 is 0 Å². The number of carbonyl (C=O) groups is 1. The molecule has 0 heterocycles. The second kappa shape index (κ2) is 10.3. The molecule has 2 N–H and O–H groups in total. The van der Waals surface area contributed by atoms with Crippen molar-refractivity contribution >= 4 is 17.3 Å². The molecule has 0 fully saturated rings. The number of amides is 1. The zero-order valence-corrected chi connectivity index (χ0v) is 16.3. The normalized spacial score (nSPS) is 11.7. The first-order chi connectivity index (χ1) is 13.4. The summed E-state index contributed by atoms with van der Waals surface area (Å²) < 4.78 is 5.42. The Morgan fingerprint density at radius 1 is 1.18 bits per heavy atom. The number of carbonyl (C=O) groups excluding carboxylic acids is 1. The third-order valence-electron chi connectivity index (χ3n) is 4.38. The van der Waals surface area contributed by atoms with Gasteiger partial charge in [0.2, 0.25) is 5.91 Å². The van der Waals surface area contributed by atoms with Crippen molar-refractivity contribution in [1.29, 1.82) is 0 Å². The summed E-state index contributed by atoms with van der Waals surface area (Å²) in [6.45, 7) is 0.732. The van der Waals surface area contributed by atoms with Crippen molar-refractivity contribution in [2.24, 2.45) is 0 Å². The van der Waals surface area contributed by atoms with Crippen molar-refractivity contribution < 1.29 is 14.5 Å². The number of benzene rings is 2. The van der Waals surface area contributed by atoms with E-state index in [-0.39, 0.29) is 24.1 Å². The summed E-state index contributed by atoms with van der Waals surface area (Å²) in [5.41, 5.74) is 1.39. The first kappa shape index (κ1) is 21.2. The number of nitro benzene ring substituents is 1. The summed E-state index contributed by atoms with van der Waals surface area (Å²) in [5, 5.41) is 16.9. The van der Waals surface area contributed by atoms with E-state index in [9.17, 15) is 14.9 Å². The molecule has 1 amide bonds. The van der Waals surface area contributed by atoms with Gasteiger partial charge in [-0.1, -0.05) is 30.3 Å². The van der Waals surface area contributed by atoms with Crippen LogP contribution in [0.2, 0.25) is 0 Å². The Bertz CT molecular complexity index is 810. The molecule has 0 aliphatic carbocycles. The molecule has 0 radical (unpaired) electrons. The molecule has 0 saturated heterocycles. The maximum atomic E-state index is 12.2. The molecular formula is C20H26N4O4. The van der Waals surface area contributed by atoms with Crippen LogP contribution in [0.25, 0.3) is 0 Å². The van der Waals surface area contributed by atoms with Crippen molar-refractivity contribution in [1.82, 2.24) is 10.2 Å². The van der Waals surface area contributed by atoms with Gasteiger partial charge in [-0.15, -0.1) is 0 Å². The van der Waals surface area contributed by atoms with Crippen LogP contribution in [-0.4, -0.2) is 50.0 Å². The van der Waals surface area contributed by atoms with Gasteiger partial charge in [-0.25, -0.2) is 0 Å². The fourth-order valence-electron chi connectivity index (χ4n) is 2.90. The van der Waals surface area contributed by atoms with E-state index >= 15 is 0 Å². The predicted molar refractivity (Wildman–Crippen MR) is 109 cm³/mol. The zero-order chi connectivity index (χ0) is 20.5. The molecule has 0 aromatic heterocycles. The van der Waals surface area contributed by atoms with Crippen LogP contribution in [0.1, 0.15) is 18.0 Å². The van der Waals surface area contributed by atoms with Gasteiger partial charge in [0, 0.05) is 31.1 Å². The van der Waals surface area contributed by atoms with Gasteiger partial charge in [-0.2, -0.15) is 0 Å². The minimum atomic E-state index is -0.447. The van der Waals surface area contributed by atoms with Crippen LogP contribution in [-0.2, 0) is 4.79 Å². The van der Waals surface area contributed by atoms with E-state index in [1.807, 2.05) is 43.3 Å². The van der Waals surface area contributed by atoms with Gasteiger partial charge >= 0.3 is 0 Å². The highest BCUT2D eigenvalue weighted by atomic mass is 16.6. The summed E-state index contributed by atoms with van der Waals surface area (Å²) in [7, 11) is 5.51. The minimum Gasteiger partial charge on any atom is -0.496 e. The predicted octanol–water partition coefficient (Wildman–Crippen LogP) is 2.82. The lowest BCUT2D eigenvalue weighted by Gasteiger charge is -2.26. The number of ether oxygens (including phenoxy) is 1. The Hall–Kier alpha value is -3.13. The molecule has 28 heavy (non-hydrogen) atoms. The number of nitrogens with one attached hydrogen (secondary N) is 2. The topological polar surface area (TPSA) is 96.7 Å². The molecule has 150 valence electrons. The summed E-state index contributed by atoms with van der Waals surface area (Å²) in [6.07, 6.45) is 0.206. The van der Waals surface area contributed by atoms with E-state index in [1.54, 1.807) is 25.3 Å². The van der Waals surface area contributed by atoms with Crippen molar-refractivity contribution in [3.8, 4) is 5.75 Å². The molecular weight excluding hydrogens is 360 g/mol. The van der Waals surface area contributed by atoms with Gasteiger partial charge in [-0.3, -0.25) is 14.9 Å². The number of para-hydroxylation sites is 3. The van der Waals surface area contributed by atoms with E-state index < -0.39 is 4.92 Å². The first-order valence-electron chi connectivity index (χ1n) is 8.97. The SMILES string of the molecule is COc1ccccc1C(CNC(=O)CCNc1ccccc1[N+](=O)[O-])N(C)C. The van der Waals surface area contributed by atoms with Crippen molar-refractivity contribution in [2.75, 3.05) is 39.6 Å². The molecule has 1 atom stereocenters. The van der Waals surface area contributed by atoms with Gasteiger partial charge in [0.25, 0.3) is 5.69 Å². The third kappa shape index (κ3) is 5.68. The fourth-order valence-corrected chi connectivity index (χ4v) is 2.90. The summed E-state index contributed by atoms with van der Waals surface area (Å²) in [6, 6.07) is 14.0. The van der Waals surface area contributed by atoms with Gasteiger partial charge in [0.05, 0.1) is 18.1 Å². The lowest BCUT2D eigenvalue weighted by molar-refractivity contribution is -0.384. The quantitative estimate of drug-likeness (QED) is 0.481. The molecule has 8 nitrogen and oxygen atoms in total. The van der Waals surface area contributed by atoms with Crippen LogP contribution in [0, 0.1) is 10.1 Å². The summed E-state index contributed by atoms with van der Waals surface area (Å²) in [5.74, 6) is 0.640. The molecule has 2 aromatic carbocycles. The highest BCUT2D eigenvalue weighted by Gasteiger charge is 2.19. The standard InChI is InChI=1S/C20H26N4O4/c1-23(2)18(15-8-4-7-11-19(15)28-3)14-22-20(25)12-13-21-16-9-5-6-10-17(16)24(26)27/h4-11,18,21H,12-14H2,1-3H3,(H,22,25). The van der Waals surface area contributed by atoms with E-state index in [0.717, 1.165) is 11.3 Å². The second-order valence-corrected chi connectivity index (χ2v) is 6.48. The van der Waals surface area contributed by atoms with Crippen LogP contribution in [0.4, 0.5) is 11.4 Å². The number of likely N-dealkylation sites (N-methyl/N-ethyl adjacent to an activating group) is 1. The van der Waals surface area contributed by atoms with Gasteiger partial charge < -0.3 is 20.3 Å². The smallest absolute Gasteiger partial charge is 0.292 e. The van der Waals surface area contributed by atoms with E-state index in [2.05, 4.69) is 10.6 Å². The summed E-state index contributed by atoms with van der Waals surface area (Å²) in [4.78, 5) is 24.8. The Kier molecular flexibility index (Phi) is 7.76. The maximum Gasteiger partial charge on any atom is 0.292 e. The van der Waals surface area contributed by atoms with Crippen molar-refractivity contribution in [3.05, 3.63) is 64.2 Å². The zero-order valence-electron chi connectivity index (χ0n) is 16.3. The lowest BCUT2D eigenvalue weighted by Crippen LogP contribution is -2.35. The second-order valence-electron chi connectivity index (χ2n) is 6.48. The van der Waals surface area contributed by atoms with Gasteiger partial charge in [0.1, 0.15) is 11.4 Å². The molecule has 0 saturated carbocycles. The lowest BCUT2D eigenvalue weighted by atomic mass is 10.0. The Balaban J connectivity index is 1.89. The third-order valence-corrected chi connectivity index (χ3v) is 4.38. The number of rotatable bonds is 10. The number of hydrogen-bond acceptors (Lipinski definition) is 6. The van der Waals surface area contributed by atoms with Crippen molar-refractivity contribution in [2.45, 2.75) is 12.5 Å². The largest absolute Gasteiger partial charge is 0.496 e. The molecule has 0 aliphatic rings. The molecule has 2 rings (SSSR count). The van der Waals surface area contributed by atoms with Crippen LogP contribution in [0.5, 0.6) is 5.75 Å². The van der Waals surface area contributed by atoms with Crippen LogP contribution in [0.15, 0.2) is 48.5 Å².